The number of methoxy groups -OCH3 is 1. The van der Waals surface area contributed by atoms with Crippen molar-refractivity contribution in [3.8, 4) is 5.75 Å². The van der Waals surface area contributed by atoms with Crippen molar-refractivity contribution < 1.29 is 9.53 Å². The van der Waals surface area contributed by atoms with E-state index in [-0.39, 0.29) is 11.4 Å². The SMILES string of the molecule is COc1ccccc1CCNc1cc(C(=O)NC(C)(C)C)ccn1. The summed E-state index contributed by atoms with van der Waals surface area (Å²) in [7, 11) is 1.67. The van der Waals surface area contributed by atoms with E-state index in [4.69, 9.17) is 4.74 Å². The quantitative estimate of drug-likeness (QED) is 0.855. The summed E-state index contributed by atoms with van der Waals surface area (Å²) in [5.41, 5.74) is 1.46. The van der Waals surface area contributed by atoms with Crippen molar-refractivity contribution in [2.45, 2.75) is 32.7 Å². The number of para-hydroxylation sites is 1. The molecule has 0 aliphatic carbocycles. The number of benzene rings is 1. The van der Waals surface area contributed by atoms with Crippen LogP contribution in [-0.2, 0) is 6.42 Å². The van der Waals surface area contributed by atoms with Gasteiger partial charge in [0.05, 0.1) is 7.11 Å². The van der Waals surface area contributed by atoms with Gasteiger partial charge in [0.1, 0.15) is 11.6 Å². The van der Waals surface area contributed by atoms with E-state index in [2.05, 4.69) is 15.6 Å². The first kappa shape index (κ1) is 17.8. The van der Waals surface area contributed by atoms with E-state index in [0.717, 1.165) is 17.7 Å². The Labute approximate surface area is 143 Å². The number of nitrogens with zero attached hydrogens (tertiary/aromatic N) is 1. The number of rotatable bonds is 6. The minimum absolute atomic E-state index is 0.0994. The number of anilines is 1. The number of amides is 1. The monoisotopic (exact) mass is 327 g/mol. The second kappa shape index (κ2) is 7.81. The molecule has 0 atom stereocenters. The maximum absolute atomic E-state index is 12.2. The number of nitrogens with one attached hydrogen (secondary N) is 2. The minimum atomic E-state index is -0.266. The van der Waals surface area contributed by atoms with E-state index in [0.29, 0.717) is 17.9 Å². The third-order valence-corrected chi connectivity index (χ3v) is 3.40. The fraction of sp³-hybridized carbons (Fsp3) is 0.368. The molecule has 2 rings (SSSR count). The second-order valence-corrected chi connectivity index (χ2v) is 6.62. The minimum Gasteiger partial charge on any atom is -0.496 e. The van der Waals surface area contributed by atoms with Gasteiger partial charge in [-0.2, -0.15) is 0 Å². The number of aromatic nitrogens is 1. The van der Waals surface area contributed by atoms with Gasteiger partial charge in [0.15, 0.2) is 0 Å². The molecule has 5 nitrogen and oxygen atoms in total. The molecular formula is C19H25N3O2. The summed E-state index contributed by atoms with van der Waals surface area (Å²) in [5, 5.41) is 6.20. The molecule has 0 unspecified atom stereocenters. The average Bonchev–Trinajstić information content (AvgIpc) is 2.54. The highest BCUT2D eigenvalue weighted by Gasteiger charge is 2.15. The topological polar surface area (TPSA) is 63.2 Å². The lowest BCUT2D eigenvalue weighted by atomic mass is 10.1. The number of ether oxygens (including phenoxy) is 1. The van der Waals surface area contributed by atoms with Crippen LogP contribution in [0.25, 0.3) is 0 Å². The molecule has 0 saturated heterocycles. The van der Waals surface area contributed by atoms with Crippen molar-refractivity contribution in [3.63, 3.8) is 0 Å². The molecule has 2 aromatic rings. The third kappa shape index (κ3) is 5.26. The Morgan fingerprint density at radius 1 is 1.21 bits per heavy atom. The first-order chi connectivity index (χ1) is 11.4. The Kier molecular flexibility index (Phi) is 5.79. The lowest BCUT2D eigenvalue weighted by Gasteiger charge is -2.20. The van der Waals surface area contributed by atoms with Gasteiger partial charge in [-0.1, -0.05) is 18.2 Å². The van der Waals surface area contributed by atoms with Crippen LogP contribution in [-0.4, -0.2) is 30.1 Å². The summed E-state index contributed by atoms with van der Waals surface area (Å²) in [6.07, 6.45) is 2.45. The molecule has 0 fully saturated rings. The number of carbonyl (C=O) groups excluding carboxylic acids is 1. The lowest BCUT2D eigenvalue weighted by molar-refractivity contribution is 0.0919. The van der Waals surface area contributed by atoms with Crippen LogP contribution in [0.5, 0.6) is 5.75 Å². The number of carbonyl (C=O) groups is 1. The van der Waals surface area contributed by atoms with Crippen molar-refractivity contribution in [3.05, 3.63) is 53.7 Å². The van der Waals surface area contributed by atoms with E-state index in [1.54, 1.807) is 25.4 Å². The molecule has 5 heteroatoms. The summed E-state index contributed by atoms with van der Waals surface area (Å²) in [4.78, 5) is 16.5. The second-order valence-electron chi connectivity index (χ2n) is 6.62. The maximum atomic E-state index is 12.2. The van der Waals surface area contributed by atoms with Gasteiger partial charge in [0, 0.05) is 23.8 Å². The summed E-state index contributed by atoms with van der Waals surface area (Å²) < 4.78 is 5.35. The normalized spacial score (nSPS) is 11.0. The van der Waals surface area contributed by atoms with Gasteiger partial charge in [-0.25, -0.2) is 4.98 Å². The summed E-state index contributed by atoms with van der Waals surface area (Å²) >= 11 is 0. The average molecular weight is 327 g/mol. The molecule has 0 aliphatic heterocycles. The molecule has 1 amide bonds. The summed E-state index contributed by atoms with van der Waals surface area (Å²) in [6.45, 7) is 6.58. The van der Waals surface area contributed by atoms with Gasteiger partial charge in [0.25, 0.3) is 5.91 Å². The lowest BCUT2D eigenvalue weighted by Crippen LogP contribution is -2.40. The number of hydrogen-bond acceptors (Lipinski definition) is 4. The highest BCUT2D eigenvalue weighted by molar-refractivity contribution is 5.95. The van der Waals surface area contributed by atoms with Crippen molar-refractivity contribution in [1.29, 1.82) is 0 Å². The fourth-order valence-electron chi connectivity index (χ4n) is 2.32. The summed E-state index contributed by atoms with van der Waals surface area (Å²) in [6, 6.07) is 11.4. The molecule has 1 aromatic heterocycles. The predicted molar refractivity (Wildman–Crippen MR) is 96.6 cm³/mol. The molecule has 2 N–H and O–H groups in total. The standard InChI is InChI=1S/C19H25N3O2/c1-19(2,3)22-18(23)15-10-12-21-17(13-15)20-11-9-14-7-5-6-8-16(14)24-4/h5-8,10,12-13H,9,11H2,1-4H3,(H,20,21)(H,22,23). The van der Waals surface area contributed by atoms with Crippen molar-refractivity contribution in [2.24, 2.45) is 0 Å². The van der Waals surface area contributed by atoms with Crippen LogP contribution in [0, 0.1) is 0 Å². The molecule has 24 heavy (non-hydrogen) atoms. The van der Waals surface area contributed by atoms with Crippen LogP contribution in [0.1, 0.15) is 36.7 Å². The molecular weight excluding hydrogens is 302 g/mol. The Hall–Kier alpha value is -2.56. The van der Waals surface area contributed by atoms with Crippen LogP contribution >= 0.6 is 0 Å². The van der Waals surface area contributed by atoms with Gasteiger partial charge in [0.2, 0.25) is 0 Å². The molecule has 128 valence electrons. The molecule has 0 saturated carbocycles. The molecule has 1 aromatic carbocycles. The van der Waals surface area contributed by atoms with Gasteiger partial charge in [-0.05, 0) is 51.0 Å². The zero-order valence-electron chi connectivity index (χ0n) is 14.7. The summed E-state index contributed by atoms with van der Waals surface area (Å²) in [5.74, 6) is 1.47. The highest BCUT2D eigenvalue weighted by atomic mass is 16.5. The smallest absolute Gasteiger partial charge is 0.251 e. The van der Waals surface area contributed by atoms with E-state index in [1.807, 2.05) is 45.0 Å². The highest BCUT2D eigenvalue weighted by Crippen LogP contribution is 2.18. The molecule has 0 spiro atoms. The van der Waals surface area contributed by atoms with E-state index in [1.165, 1.54) is 0 Å². The zero-order chi connectivity index (χ0) is 17.6. The molecule has 0 radical (unpaired) electrons. The van der Waals surface area contributed by atoms with Gasteiger partial charge in [-0.3, -0.25) is 4.79 Å². The van der Waals surface area contributed by atoms with Crippen molar-refractivity contribution in [1.82, 2.24) is 10.3 Å². The first-order valence-electron chi connectivity index (χ1n) is 8.03. The van der Waals surface area contributed by atoms with Crippen LogP contribution < -0.4 is 15.4 Å². The van der Waals surface area contributed by atoms with E-state index >= 15 is 0 Å². The van der Waals surface area contributed by atoms with Crippen LogP contribution in [0.15, 0.2) is 42.6 Å². The third-order valence-electron chi connectivity index (χ3n) is 3.40. The van der Waals surface area contributed by atoms with E-state index in [9.17, 15) is 4.79 Å². The number of pyridine rings is 1. The predicted octanol–water partition coefficient (Wildman–Crippen LogP) is 3.27. The van der Waals surface area contributed by atoms with Crippen molar-refractivity contribution in [2.75, 3.05) is 19.0 Å². The Morgan fingerprint density at radius 2 is 1.96 bits per heavy atom. The molecule has 0 aliphatic rings. The van der Waals surface area contributed by atoms with Crippen LogP contribution in [0.3, 0.4) is 0 Å². The fourth-order valence-corrected chi connectivity index (χ4v) is 2.32. The van der Waals surface area contributed by atoms with Gasteiger partial charge in [-0.15, -0.1) is 0 Å². The molecule has 0 bridgehead atoms. The van der Waals surface area contributed by atoms with E-state index < -0.39 is 0 Å². The Morgan fingerprint density at radius 3 is 2.67 bits per heavy atom. The van der Waals surface area contributed by atoms with Gasteiger partial charge < -0.3 is 15.4 Å². The van der Waals surface area contributed by atoms with Gasteiger partial charge >= 0.3 is 0 Å². The zero-order valence-corrected chi connectivity index (χ0v) is 14.7. The number of hydrogen-bond donors (Lipinski definition) is 2. The maximum Gasteiger partial charge on any atom is 0.251 e. The molecule has 1 heterocycles. The largest absolute Gasteiger partial charge is 0.496 e. The first-order valence-corrected chi connectivity index (χ1v) is 8.03. The van der Waals surface area contributed by atoms with Crippen molar-refractivity contribution >= 4 is 11.7 Å². The Bertz CT molecular complexity index is 693. The Balaban J connectivity index is 1.96. The van der Waals surface area contributed by atoms with Crippen LogP contribution in [0.2, 0.25) is 0 Å². The van der Waals surface area contributed by atoms with Crippen LogP contribution in [0.4, 0.5) is 5.82 Å².